The zero-order valence-corrected chi connectivity index (χ0v) is 12.2. The highest BCUT2D eigenvalue weighted by Crippen LogP contribution is 2.43. The number of hydrogen-bond donors (Lipinski definition) is 1. The molecule has 1 aromatic heterocycles. The highest BCUT2D eigenvalue weighted by molar-refractivity contribution is 5.85. The highest BCUT2D eigenvalue weighted by Gasteiger charge is 2.26. The summed E-state index contributed by atoms with van der Waals surface area (Å²) in [6.07, 6.45) is 1.73. The van der Waals surface area contributed by atoms with Crippen LogP contribution in [0.1, 0.15) is 23.5 Å². The first-order valence-electron chi connectivity index (χ1n) is 7.38. The van der Waals surface area contributed by atoms with Crippen molar-refractivity contribution in [2.45, 2.75) is 12.3 Å². The summed E-state index contributed by atoms with van der Waals surface area (Å²) >= 11 is 0. The van der Waals surface area contributed by atoms with Crippen molar-refractivity contribution in [1.82, 2.24) is 4.98 Å². The van der Waals surface area contributed by atoms with Crippen LogP contribution in [0.15, 0.2) is 48.7 Å². The van der Waals surface area contributed by atoms with Crippen molar-refractivity contribution in [3.05, 3.63) is 59.8 Å². The van der Waals surface area contributed by atoms with Crippen LogP contribution in [0.5, 0.6) is 11.5 Å². The maximum atomic E-state index is 11.3. The first-order chi connectivity index (χ1) is 11.2. The fraction of sp³-hybridized carbons (Fsp3) is 0.167. The predicted molar refractivity (Wildman–Crippen MR) is 82.3 cm³/mol. The van der Waals surface area contributed by atoms with Gasteiger partial charge >= 0.3 is 0 Å². The van der Waals surface area contributed by atoms with E-state index in [4.69, 9.17) is 9.47 Å². The van der Waals surface area contributed by atoms with Crippen LogP contribution in [0.3, 0.4) is 0 Å². The minimum absolute atomic E-state index is 0.123. The fourth-order valence-electron chi connectivity index (χ4n) is 3.16. The second kappa shape index (κ2) is 5.35. The van der Waals surface area contributed by atoms with Gasteiger partial charge in [0.2, 0.25) is 6.79 Å². The third-order valence-electron chi connectivity index (χ3n) is 4.17. The Kier molecular flexibility index (Phi) is 3.19. The zero-order valence-electron chi connectivity index (χ0n) is 12.2. The minimum Gasteiger partial charge on any atom is -0.550 e. The van der Waals surface area contributed by atoms with Gasteiger partial charge in [0.05, 0.1) is 0 Å². The average Bonchev–Trinajstić information content (AvgIpc) is 3.19. The maximum Gasteiger partial charge on any atom is 0.231 e. The van der Waals surface area contributed by atoms with Crippen molar-refractivity contribution < 1.29 is 19.4 Å². The second-order valence-electron chi connectivity index (χ2n) is 5.50. The van der Waals surface area contributed by atoms with E-state index in [1.54, 1.807) is 0 Å². The monoisotopic (exact) mass is 308 g/mol. The van der Waals surface area contributed by atoms with E-state index in [-0.39, 0.29) is 19.1 Å². The number of aliphatic carboxylic acids is 1. The molecule has 5 nitrogen and oxygen atoms in total. The maximum absolute atomic E-state index is 11.3. The minimum atomic E-state index is -1.10. The van der Waals surface area contributed by atoms with E-state index in [1.807, 2.05) is 48.7 Å². The Labute approximate surface area is 132 Å². The molecule has 1 aliphatic rings. The predicted octanol–water partition coefficient (Wildman–Crippen LogP) is 2.17. The number of aromatic nitrogens is 1. The number of para-hydroxylation sites is 2. The van der Waals surface area contributed by atoms with Crippen molar-refractivity contribution in [1.29, 1.82) is 0 Å². The average molecular weight is 308 g/mol. The summed E-state index contributed by atoms with van der Waals surface area (Å²) in [5.41, 5.74) is 2.68. The molecule has 23 heavy (non-hydrogen) atoms. The quantitative estimate of drug-likeness (QED) is 0.801. The third kappa shape index (κ3) is 2.30. The van der Waals surface area contributed by atoms with Crippen molar-refractivity contribution in [2.75, 3.05) is 6.79 Å². The van der Waals surface area contributed by atoms with Gasteiger partial charge in [0.1, 0.15) is 0 Å². The molecule has 1 N–H and O–H groups in total. The lowest BCUT2D eigenvalue weighted by Crippen LogP contribution is -2.25. The van der Waals surface area contributed by atoms with Crippen molar-refractivity contribution in [3.8, 4) is 11.5 Å². The lowest BCUT2D eigenvalue weighted by atomic mass is 9.87. The van der Waals surface area contributed by atoms with Gasteiger partial charge in [-0.1, -0.05) is 30.3 Å². The van der Waals surface area contributed by atoms with Crippen LogP contribution in [0.2, 0.25) is 0 Å². The lowest BCUT2D eigenvalue weighted by molar-refractivity contribution is -0.305. The Morgan fingerprint density at radius 1 is 1.13 bits per heavy atom. The van der Waals surface area contributed by atoms with Crippen LogP contribution in [0, 0.1) is 0 Å². The number of nitrogens with one attached hydrogen (secondary N) is 1. The highest BCUT2D eigenvalue weighted by atomic mass is 16.7. The fourth-order valence-corrected chi connectivity index (χ4v) is 3.16. The molecule has 0 radical (unpaired) electrons. The Hall–Kier alpha value is -2.95. The van der Waals surface area contributed by atoms with Gasteiger partial charge < -0.3 is 24.4 Å². The van der Waals surface area contributed by atoms with Crippen molar-refractivity contribution in [3.63, 3.8) is 0 Å². The molecular formula is C18H14NO4-. The Morgan fingerprint density at radius 2 is 2.00 bits per heavy atom. The Balaban J connectivity index is 1.89. The summed E-state index contributed by atoms with van der Waals surface area (Å²) in [5.74, 6) is -0.209. The van der Waals surface area contributed by atoms with Crippen LogP contribution in [-0.2, 0) is 4.79 Å². The molecule has 0 saturated carbocycles. The Morgan fingerprint density at radius 3 is 2.87 bits per heavy atom. The van der Waals surface area contributed by atoms with Gasteiger partial charge in [-0.3, -0.25) is 0 Å². The molecule has 116 valence electrons. The molecule has 2 heterocycles. The molecule has 0 aliphatic carbocycles. The number of H-pyrrole nitrogens is 1. The van der Waals surface area contributed by atoms with Crippen LogP contribution in [0.4, 0.5) is 0 Å². The topological polar surface area (TPSA) is 74.4 Å². The number of carbonyl (C=O) groups excluding carboxylic acids is 1. The van der Waals surface area contributed by atoms with Crippen molar-refractivity contribution in [2.24, 2.45) is 0 Å². The summed E-state index contributed by atoms with van der Waals surface area (Å²) < 4.78 is 11.0. The number of carbonyl (C=O) groups is 1. The van der Waals surface area contributed by atoms with Crippen LogP contribution < -0.4 is 14.6 Å². The second-order valence-corrected chi connectivity index (χ2v) is 5.50. The molecule has 0 spiro atoms. The molecule has 0 unspecified atom stereocenters. The van der Waals surface area contributed by atoms with E-state index in [2.05, 4.69) is 4.98 Å². The standard InChI is InChI=1S/C18H15NO4/c20-17(21)8-13(12-5-3-7-16-18(12)23-10-22-16)14-9-19-15-6-2-1-4-11(14)15/h1-7,9,13,19H,8,10H2,(H,20,21)/p-1/t13-/m0/s1. The first-order valence-corrected chi connectivity index (χ1v) is 7.38. The number of carboxylic acids is 1. The van der Waals surface area contributed by atoms with Gasteiger partial charge in [-0.2, -0.15) is 0 Å². The van der Waals surface area contributed by atoms with E-state index in [1.165, 1.54) is 0 Å². The molecule has 0 fully saturated rings. The number of fused-ring (bicyclic) bond motifs is 2. The number of ether oxygens (including phenoxy) is 2. The van der Waals surface area contributed by atoms with Crippen molar-refractivity contribution >= 4 is 16.9 Å². The summed E-state index contributed by atoms with van der Waals surface area (Å²) in [5, 5.41) is 12.3. The molecule has 5 heteroatoms. The molecule has 1 aliphatic heterocycles. The molecule has 0 saturated heterocycles. The van der Waals surface area contributed by atoms with Gasteiger partial charge in [-0.15, -0.1) is 0 Å². The first kappa shape index (κ1) is 13.7. The number of rotatable bonds is 4. The summed E-state index contributed by atoms with van der Waals surface area (Å²) in [6, 6.07) is 13.4. The largest absolute Gasteiger partial charge is 0.550 e. The number of hydrogen-bond acceptors (Lipinski definition) is 4. The van der Waals surface area contributed by atoms with Gasteiger partial charge in [0.25, 0.3) is 0 Å². The molecule has 3 aromatic rings. The zero-order chi connectivity index (χ0) is 15.8. The van der Waals surface area contributed by atoms with Crippen LogP contribution >= 0.6 is 0 Å². The molecular weight excluding hydrogens is 294 g/mol. The molecule has 1 atom stereocenters. The Bertz CT molecular complexity index is 884. The van der Waals surface area contributed by atoms with E-state index in [0.29, 0.717) is 11.5 Å². The molecule has 0 amide bonds. The van der Waals surface area contributed by atoms with Crippen LogP contribution in [0.25, 0.3) is 10.9 Å². The molecule has 2 aromatic carbocycles. The smallest absolute Gasteiger partial charge is 0.231 e. The SMILES string of the molecule is O=C([O-])C[C@@H](c1cccc2c1OCO2)c1c[nH]c2ccccc12. The van der Waals surface area contributed by atoms with E-state index < -0.39 is 5.97 Å². The van der Waals surface area contributed by atoms with Gasteiger partial charge in [0.15, 0.2) is 11.5 Å². The van der Waals surface area contributed by atoms with Gasteiger partial charge in [0, 0.05) is 34.6 Å². The summed E-state index contributed by atoms with van der Waals surface area (Å²) in [7, 11) is 0. The molecule has 4 rings (SSSR count). The molecule has 0 bridgehead atoms. The number of benzene rings is 2. The number of carboxylic acid groups (broad SMARTS) is 1. The third-order valence-corrected chi connectivity index (χ3v) is 4.17. The number of aromatic amines is 1. The normalized spacial score (nSPS) is 14.1. The van der Waals surface area contributed by atoms with Gasteiger partial charge in [-0.25, -0.2) is 0 Å². The summed E-state index contributed by atoms with van der Waals surface area (Å²) in [4.78, 5) is 14.5. The van der Waals surface area contributed by atoms with E-state index in [9.17, 15) is 9.90 Å². The van der Waals surface area contributed by atoms with Crippen LogP contribution in [-0.4, -0.2) is 17.7 Å². The summed E-state index contributed by atoms with van der Waals surface area (Å²) in [6.45, 7) is 0.151. The van der Waals surface area contributed by atoms with E-state index in [0.717, 1.165) is 22.0 Å². The van der Waals surface area contributed by atoms with Gasteiger partial charge in [-0.05, 0) is 24.1 Å². The van der Waals surface area contributed by atoms with E-state index >= 15 is 0 Å². The lowest BCUT2D eigenvalue weighted by Gasteiger charge is -2.19.